The average molecular weight is 269 g/mol. The quantitative estimate of drug-likeness (QED) is 0.726. The molecule has 1 fully saturated rings. The highest BCUT2D eigenvalue weighted by molar-refractivity contribution is 5.70. The van der Waals surface area contributed by atoms with Crippen LogP contribution in [0.5, 0.6) is 0 Å². The van der Waals surface area contributed by atoms with Crippen molar-refractivity contribution in [2.45, 2.75) is 12.2 Å². The first-order valence-corrected chi connectivity index (χ1v) is 6.77. The highest BCUT2D eigenvalue weighted by Gasteiger charge is 2.50. The zero-order valence-electron chi connectivity index (χ0n) is 11.1. The molecule has 1 aromatic rings. The fraction of sp³-hybridized carbons (Fsp3) is 0.312. The molecule has 4 nitrogen and oxygen atoms in total. The van der Waals surface area contributed by atoms with E-state index in [2.05, 4.69) is 36.4 Å². The maximum Gasteiger partial charge on any atom is 0.417 e. The number of rotatable bonds is 0. The maximum atomic E-state index is 11.6. The summed E-state index contributed by atoms with van der Waals surface area (Å²) in [7, 11) is 1.39. The van der Waals surface area contributed by atoms with Crippen LogP contribution in [-0.2, 0) is 9.47 Å². The fourth-order valence-electron chi connectivity index (χ4n) is 3.45. The molecule has 0 radical (unpaired) electrons. The van der Waals surface area contributed by atoms with E-state index in [0.717, 1.165) is 0 Å². The van der Waals surface area contributed by atoms with Gasteiger partial charge < -0.3 is 9.47 Å². The standard InChI is InChI=1S/C16H15NO3/c1-19-16(18)17-8-6-12-13(7-9-17)15-11-5-3-2-4-10(11)14(12)20-15/h2-9,12-15H,1H3/t12-,13-,14-,15-/m0/s1. The molecule has 0 aromatic heterocycles. The number of nitrogens with zero attached hydrogens (tertiary/aromatic N) is 1. The SMILES string of the molecule is COC(=O)N1C=C[C@H]2[C@H](C=C1)[C@H]1O[C@H]2c2ccccc21. The van der Waals surface area contributed by atoms with E-state index in [-0.39, 0.29) is 30.1 Å². The minimum Gasteiger partial charge on any atom is -0.452 e. The molecule has 4 heteroatoms. The van der Waals surface area contributed by atoms with Crippen molar-refractivity contribution in [1.29, 1.82) is 0 Å². The van der Waals surface area contributed by atoms with Gasteiger partial charge >= 0.3 is 6.09 Å². The second kappa shape index (κ2) is 4.21. The number of benzene rings is 1. The number of hydrogen-bond donors (Lipinski definition) is 0. The van der Waals surface area contributed by atoms with Gasteiger partial charge in [0.15, 0.2) is 0 Å². The van der Waals surface area contributed by atoms with E-state index in [1.165, 1.54) is 23.1 Å². The molecular weight excluding hydrogens is 254 g/mol. The van der Waals surface area contributed by atoms with Crippen LogP contribution in [0, 0.1) is 11.8 Å². The van der Waals surface area contributed by atoms with Gasteiger partial charge in [-0.05, 0) is 11.1 Å². The van der Waals surface area contributed by atoms with E-state index < -0.39 is 0 Å². The van der Waals surface area contributed by atoms with E-state index in [4.69, 9.17) is 9.47 Å². The number of carbonyl (C=O) groups is 1. The Morgan fingerprint density at radius 1 is 1.10 bits per heavy atom. The van der Waals surface area contributed by atoms with Crippen LogP contribution in [0.2, 0.25) is 0 Å². The van der Waals surface area contributed by atoms with Crippen LogP contribution < -0.4 is 0 Å². The number of ether oxygens (including phenoxy) is 2. The first kappa shape index (κ1) is 11.7. The lowest BCUT2D eigenvalue weighted by Gasteiger charge is -2.24. The van der Waals surface area contributed by atoms with Gasteiger partial charge in [-0.2, -0.15) is 0 Å². The molecule has 0 N–H and O–H groups in total. The van der Waals surface area contributed by atoms with Gasteiger partial charge in [0.1, 0.15) is 0 Å². The van der Waals surface area contributed by atoms with Crippen molar-refractivity contribution in [1.82, 2.24) is 4.90 Å². The van der Waals surface area contributed by atoms with Crippen LogP contribution in [0.1, 0.15) is 23.3 Å². The van der Waals surface area contributed by atoms with E-state index in [1.807, 2.05) is 0 Å². The number of carbonyl (C=O) groups excluding carboxylic acids is 1. The van der Waals surface area contributed by atoms with Crippen LogP contribution >= 0.6 is 0 Å². The zero-order valence-corrected chi connectivity index (χ0v) is 11.1. The number of methoxy groups -OCH3 is 1. The average Bonchev–Trinajstić information content (AvgIpc) is 2.95. The second-order valence-corrected chi connectivity index (χ2v) is 5.32. The molecule has 3 aliphatic heterocycles. The number of amides is 1. The molecule has 102 valence electrons. The molecule has 3 aliphatic rings. The molecule has 1 aromatic carbocycles. The molecular formula is C16H15NO3. The lowest BCUT2D eigenvalue weighted by Crippen LogP contribution is -2.19. The highest BCUT2D eigenvalue weighted by atomic mass is 16.5. The van der Waals surface area contributed by atoms with E-state index in [0.29, 0.717) is 0 Å². The minimum absolute atomic E-state index is 0.0969. The van der Waals surface area contributed by atoms with Gasteiger partial charge in [0.05, 0.1) is 19.3 Å². The van der Waals surface area contributed by atoms with Gasteiger partial charge in [-0.3, -0.25) is 4.90 Å². The summed E-state index contributed by atoms with van der Waals surface area (Å²) in [4.78, 5) is 13.1. The van der Waals surface area contributed by atoms with E-state index >= 15 is 0 Å². The summed E-state index contributed by atoms with van der Waals surface area (Å²) >= 11 is 0. The molecule has 4 rings (SSSR count). The fourth-order valence-corrected chi connectivity index (χ4v) is 3.45. The summed E-state index contributed by atoms with van der Waals surface area (Å²) in [5.41, 5.74) is 2.56. The summed E-state index contributed by atoms with van der Waals surface area (Å²) in [6, 6.07) is 8.37. The van der Waals surface area contributed by atoms with Crippen molar-refractivity contribution in [2.75, 3.05) is 7.11 Å². The molecule has 2 bridgehead atoms. The van der Waals surface area contributed by atoms with E-state index in [9.17, 15) is 4.79 Å². The van der Waals surface area contributed by atoms with Gasteiger partial charge in [-0.15, -0.1) is 0 Å². The van der Waals surface area contributed by atoms with Gasteiger partial charge in [0.25, 0.3) is 0 Å². The molecule has 1 amide bonds. The van der Waals surface area contributed by atoms with Crippen LogP contribution in [0.25, 0.3) is 0 Å². The van der Waals surface area contributed by atoms with Crippen LogP contribution in [0.15, 0.2) is 48.8 Å². The predicted molar refractivity (Wildman–Crippen MR) is 72.5 cm³/mol. The Morgan fingerprint density at radius 3 is 2.15 bits per heavy atom. The Morgan fingerprint density at radius 2 is 1.65 bits per heavy atom. The predicted octanol–water partition coefficient (Wildman–Crippen LogP) is 3.15. The summed E-state index contributed by atoms with van der Waals surface area (Å²) in [5, 5.41) is 0. The third kappa shape index (κ3) is 1.48. The van der Waals surface area contributed by atoms with Crippen LogP contribution in [0.3, 0.4) is 0 Å². The van der Waals surface area contributed by atoms with Crippen molar-refractivity contribution in [3.05, 3.63) is 59.9 Å². The molecule has 0 unspecified atom stereocenters. The second-order valence-electron chi connectivity index (χ2n) is 5.32. The molecule has 0 saturated carbocycles. The number of hydrogen-bond acceptors (Lipinski definition) is 3. The third-order valence-corrected chi connectivity index (χ3v) is 4.37. The molecule has 4 atom stereocenters. The van der Waals surface area contributed by atoms with Gasteiger partial charge in [-0.1, -0.05) is 36.4 Å². The monoisotopic (exact) mass is 269 g/mol. The zero-order chi connectivity index (χ0) is 13.7. The van der Waals surface area contributed by atoms with Crippen molar-refractivity contribution in [3.63, 3.8) is 0 Å². The molecule has 0 aliphatic carbocycles. The Labute approximate surface area is 117 Å². The smallest absolute Gasteiger partial charge is 0.417 e. The summed E-state index contributed by atoms with van der Waals surface area (Å²) in [6.45, 7) is 0. The molecule has 0 spiro atoms. The maximum absolute atomic E-state index is 11.6. The van der Waals surface area contributed by atoms with Gasteiger partial charge in [-0.25, -0.2) is 4.79 Å². The van der Waals surface area contributed by atoms with Crippen molar-refractivity contribution in [2.24, 2.45) is 11.8 Å². The lowest BCUT2D eigenvalue weighted by molar-refractivity contribution is 0.0598. The largest absolute Gasteiger partial charge is 0.452 e. The Bertz CT molecular complexity index is 577. The number of fused-ring (bicyclic) bond motifs is 8. The highest BCUT2D eigenvalue weighted by Crippen LogP contribution is 2.58. The van der Waals surface area contributed by atoms with Crippen LogP contribution in [0.4, 0.5) is 4.79 Å². The molecule has 3 heterocycles. The topological polar surface area (TPSA) is 38.8 Å². The Hall–Kier alpha value is -2.07. The van der Waals surface area contributed by atoms with Crippen molar-refractivity contribution in [3.8, 4) is 0 Å². The minimum atomic E-state index is -0.372. The van der Waals surface area contributed by atoms with Crippen LogP contribution in [-0.4, -0.2) is 18.1 Å². The first-order chi connectivity index (χ1) is 9.79. The lowest BCUT2D eigenvalue weighted by atomic mass is 9.76. The first-order valence-electron chi connectivity index (χ1n) is 6.77. The van der Waals surface area contributed by atoms with E-state index in [1.54, 1.807) is 12.4 Å². The van der Waals surface area contributed by atoms with Gasteiger partial charge in [0.2, 0.25) is 0 Å². The normalized spacial score (nSPS) is 32.8. The van der Waals surface area contributed by atoms with Crippen molar-refractivity contribution < 1.29 is 14.3 Å². The summed E-state index contributed by atoms with van der Waals surface area (Å²) in [6.07, 6.45) is 7.49. The Kier molecular flexibility index (Phi) is 2.47. The third-order valence-electron chi connectivity index (χ3n) is 4.37. The summed E-state index contributed by atoms with van der Waals surface area (Å²) in [5.74, 6) is 0.557. The molecule has 1 saturated heterocycles. The van der Waals surface area contributed by atoms with Crippen molar-refractivity contribution >= 4 is 6.09 Å². The Balaban J connectivity index is 1.71. The van der Waals surface area contributed by atoms with Gasteiger partial charge in [0, 0.05) is 24.2 Å². The molecule has 20 heavy (non-hydrogen) atoms. The summed E-state index contributed by atoms with van der Waals surface area (Å²) < 4.78 is 10.9.